The molecular formula is C22H23I2N7O2. The van der Waals surface area contributed by atoms with Gasteiger partial charge in [-0.1, -0.05) is 30.3 Å². The average Bonchev–Trinajstić information content (AvgIpc) is 2.84. The van der Waals surface area contributed by atoms with Gasteiger partial charge >= 0.3 is 0 Å². The van der Waals surface area contributed by atoms with E-state index >= 15 is 0 Å². The maximum atomic E-state index is 5.53. The predicted molar refractivity (Wildman–Crippen MR) is 146 cm³/mol. The molecular weight excluding hydrogens is 648 g/mol. The lowest BCUT2D eigenvalue weighted by molar-refractivity contribution is 0.122. The number of aromatic nitrogens is 3. The van der Waals surface area contributed by atoms with Crippen LogP contribution < -0.4 is 20.4 Å². The van der Waals surface area contributed by atoms with Crippen LogP contribution in [0.15, 0.2) is 47.6 Å². The molecule has 11 heteroatoms. The van der Waals surface area contributed by atoms with Crippen molar-refractivity contribution in [1.82, 2.24) is 15.0 Å². The number of morpholine rings is 1. The van der Waals surface area contributed by atoms with E-state index in [0.29, 0.717) is 37.6 Å². The number of hydrogen-bond acceptors (Lipinski definition) is 9. The second-order valence-corrected chi connectivity index (χ2v) is 9.51. The van der Waals surface area contributed by atoms with E-state index < -0.39 is 0 Å². The van der Waals surface area contributed by atoms with E-state index in [1.807, 2.05) is 24.3 Å². The summed E-state index contributed by atoms with van der Waals surface area (Å²) in [6.07, 6.45) is 1.71. The van der Waals surface area contributed by atoms with Gasteiger partial charge in [-0.3, -0.25) is 0 Å². The first-order valence-electron chi connectivity index (χ1n) is 10.3. The summed E-state index contributed by atoms with van der Waals surface area (Å²) >= 11 is 4.53. The van der Waals surface area contributed by atoms with Crippen molar-refractivity contribution in [3.05, 3.63) is 60.7 Å². The highest BCUT2D eigenvalue weighted by Crippen LogP contribution is 2.27. The van der Waals surface area contributed by atoms with Crippen molar-refractivity contribution in [2.45, 2.75) is 6.54 Å². The zero-order chi connectivity index (χ0) is 23.0. The summed E-state index contributed by atoms with van der Waals surface area (Å²) in [5.41, 5.74) is 4.95. The number of nitrogens with zero attached hydrogens (tertiary/aromatic N) is 5. The molecule has 0 bridgehead atoms. The highest BCUT2D eigenvalue weighted by atomic mass is 127. The van der Waals surface area contributed by atoms with Crippen LogP contribution in [0.3, 0.4) is 0 Å². The van der Waals surface area contributed by atoms with Crippen LogP contribution >= 0.6 is 45.2 Å². The molecule has 1 aliphatic rings. The first-order chi connectivity index (χ1) is 16.1. The highest BCUT2D eigenvalue weighted by molar-refractivity contribution is 14.1. The molecule has 0 amide bonds. The predicted octanol–water partition coefficient (Wildman–Crippen LogP) is 3.98. The summed E-state index contributed by atoms with van der Waals surface area (Å²) in [6.45, 7) is 3.34. The number of benzene rings is 2. The minimum Gasteiger partial charge on any atom is -0.495 e. The van der Waals surface area contributed by atoms with Crippen molar-refractivity contribution < 1.29 is 9.47 Å². The fourth-order valence-electron chi connectivity index (χ4n) is 3.23. The monoisotopic (exact) mass is 671 g/mol. The molecule has 0 aliphatic carbocycles. The van der Waals surface area contributed by atoms with Gasteiger partial charge in [0.15, 0.2) is 0 Å². The Balaban J connectivity index is 1.55. The van der Waals surface area contributed by atoms with Crippen LogP contribution in [0.1, 0.15) is 11.1 Å². The number of methoxy groups -OCH3 is 1. The van der Waals surface area contributed by atoms with Gasteiger partial charge in [-0.25, -0.2) is 5.43 Å². The largest absolute Gasteiger partial charge is 0.495 e. The quantitative estimate of drug-likeness (QED) is 0.211. The van der Waals surface area contributed by atoms with E-state index in [1.165, 1.54) is 0 Å². The summed E-state index contributed by atoms with van der Waals surface area (Å²) in [7, 11) is 1.65. The van der Waals surface area contributed by atoms with Gasteiger partial charge in [-0.2, -0.15) is 20.1 Å². The SMILES string of the molecule is COc1c(I)cc(I)cc1/C=N\Nc1nc(NCc2ccccc2)nc(N2CCOCC2)n1. The normalized spacial score (nSPS) is 13.8. The molecule has 2 aromatic carbocycles. The third-order valence-electron chi connectivity index (χ3n) is 4.82. The fraction of sp³-hybridized carbons (Fsp3) is 0.273. The lowest BCUT2D eigenvalue weighted by Crippen LogP contribution is -2.37. The summed E-state index contributed by atoms with van der Waals surface area (Å²) in [6, 6.07) is 14.2. The lowest BCUT2D eigenvalue weighted by Gasteiger charge is -2.27. The standard InChI is InChI=1S/C22H23I2N7O2/c1-32-19-16(11-17(23)12-18(19)24)14-26-30-21-27-20(25-13-15-5-3-2-4-6-15)28-22(29-21)31-7-9-33-10-8-31/h2-6,11-12,14H,7-10,13H2,1H3,(H2,25,27,28,29,30)/b26-14-. The zero-order valence-corrected chi connectivity index (χ0v) is 22.3. The van der Waals surface area contributed by atoms with Gasteiger partial charge in [-0.05, 0) is 62.9 Å². The molecule has 0 atom stereocenters. The topological polar surface area (TPSA) is 96.8 Å². The fourth-order valence-corrected chi connectivity index (χ4v) is 5.34. The third kappa shape index (κ3) is 6.63. The molecule has 33 heavy (non-hydrogen) atoms. The van der Waals surface area contributed by atoms with Crippen molar-refractivity contribution in [3.8, 4) is 5.75 Å². The van der Waals surface area contributed by atoms with Crippen molar-refractivity contribution in [1.29, 1.82) is 0 Å². The molecule has 0 saturated carbocycles. The molecule has 3 aromatic rings. The van der Waals surface area contributed by atoms with Gasteiger partial charge in [0, 0.05) is 28.8 Å². The lowest BCUT2D eigenvalue weighted by atomic mass is 10.2. The van der Waals surface area contributed by atoms with Crippen LogP contribution in [0, 0.1) is 7.14 Å². The van der Waals surface area contributed by atoms with Crippen LogP contribution in [-0.2, 0) is 11.3 Å². The van der Waals surface area contributed by atoms with E-state index in [-0.39, 0.29) is 0 Å². The van der Waals surface area contributed by atoms with Crippen molar-refractivity contribution in [3.63, 3.8) is 0 Å². The van der Waals surface area contributed by atoms with Gasteiger partial charge in [-0.15, -0.1) is 0 Å². The molecule has 1 fully saturated rings. The molecule has 0 spiro atoms. The second-order valence-electron chi connectivity index (χ2n) is 7.10. The summed E-state index contributed by atoms with van der Waals surface area (Å²) in [5, 5.41) is 7.65. The Morgan fingerprint density at radius 1 is 1.09 bits per heavy atom. The molecule has 1 saturated heterocycles. The van der Waals surface area contributed by atoms with Crippen LogP contribution in [0.5, 0.6) is 5.75 Å². The van der Waals surface area contributed by atoms with Crippen LogP contribution in [0.2, 0.25) is 0 Å². The van der Waals surface area contributed by atoms with Gasteiger partial charge in [0.05, 0.1) is 30.1 Å². The third-order valence-corrected chi connectivity index (χ3v) is 6.24. The molecule has 1 aromatic heterocycles. The van der Waals surface area contributed by atoms with E-state index in [2.05, 4.69) is 99.1 Å². The van der Waals surface area contributed by atoms with E-state index in [0.717, 1.165) is 37.1 Å². The molecule has 2 N–H and O–H groups in total. The first kappa shape index (κ1) is 23.9. The Kier molecular flexibility index (Phi) is 8.50. The maximum absolute atomic E-state index is 5.53. The summed E-state index contributed by atoms with van der Waals surface area (Å²) in [4.78, 5) is 15.8. The van der Waals surface area contributed by atoms with Gasteiger partial charge < -0.3 is 19.7 Å². The number of hydrazone groups is 1. The van der Waals surface area contributed by atoms with Gasteiger partial charge in [0.25, 0.3) is 0 Å². The van der Waals surface area contributed by atoms with Crippen molar-refractivity contribution >= 4 is 69.2 Å². The minimum atomic E-state index is 0.359. The van der Waals surface area contributed by atoms with Gasteiger partial charge in [0.1, 0.15) is 5.75 Å². The Morgan fingerprint density at radius 2 is 1.85 bits per heavy atom. The first-order valence-corrected chi connectivity index (χ1v) is 12.5. The van der Waals surface area contributed by atoms with Crippen LogP contribution in [0.4, 0.5) is 17.8 Å². The number of hydrogen-bond donors (Lipinski definition) is 2. The molecule has 0 radical (unpaired) electrons. The number of halogens is 2. The number of nitrogens with one attached hydrogen (secondary N) is 2. The Labute approximate surface area is 219 Å². The molecule has 2 heterocycles. The molecule has 4 rings (SSSR count). The van der Waals surface area contributed by atoms with Crippen molar-refractivity contribution in [2.24, 2.45) is 5.10 Å². The van der Waals surface area contributed by atoms with E-state index in [1.54, 1.807) is 13.3 Å². The molecule has 9 nitrogen and oxygen atoms in total. The zero-order valence-electron chi connectivity index (χ0n) is 18.0. The molecule has 1 aliphatic heterocycles. The van der Waals surface area contributed by atoms with Crippen molar-refractivity contribution in [2.75, 3.05) is 49.1 Å². The van der Waals surface area contributed by atoms with Crippen LogP contribution in [0.25, 0.3) is 0 Å². The molecule has 172 valence electrons. The Bertz CT molecular complexity index is 1110. The average molecular weight is 671 g/mol. The van der Waals surface area contributed by atoms with Crippen LogP contribution in [-0.4, -0.2) is 54.6 Å². The second kappa shape index (κ2) is 11.7. The number of rotatable bonds is 8. The minimum absolute atomic E-state index is 0.359. The van der Waals surface area contributed by atoms with E-state index in [9.17, 15) is 0 Å². The Morgan fingerprint density at radius 3 is 2.61 bits per heavy atom. The number of ether oxygens (including phenoxy) is 2. The number of anilines is 3. The smallest absolute Gasteiger partial charge is 0.250 e. The summed E-state index contributed by atoms with van der Waals surface area (Å²) < 4.78 is 13.1. The molecule has 0 unspecified atom stereocenters. The maximum Gasteiger partial charge on any atom is 0.250 e. The van der Waals surface area contributed by atoms with Gasteiger partial charge in [0.2, 0.25) is 17.8 Å². The highest BCUT2D eigenvalue weighted by Gasteiger charge is 2.16. The summed E-state index contributed by atoms with van der Waals surface area (Å²) in [5.74, 6) is 2.20. The van der Waals surface area contributed by atoms with E-state index in [4.69, 9.17) is 9.47 Å². The Hall–Kier alpha value is -2.26.